The lowest BCUT2D eigenvalue weighted by Crippen LogP contribution is -2.18. The molecule has 0 saturated heterocycles. The number of carbonyl (C=O) groups excluding carboxylic acids is 1. The van der Waals surface area contributed by atoms with Crippen LogP contribution in [0.2, 0.25) is 0 Å². The number of nitrogen functional groups attached to an aromatic ring is 1. The van der Waals surface area contributed by atoms with E-state index in [1.807, 2.05) is 60.9 Å². The van der Waals surface area contributed by atoms with Crippen LogP contribution in [0.1, 0.15) is 18.2 Å². The number of nitrogens with zero attached hydrogens (tertiary/aromatic N) is 4. The van der Waals surface area contributed by atoms with Crippen LogP contribution in [0.15, 0.2) is 71.8 Å². The van der Waals surface area contributed by atoms with Crippen LogP contribution >= 0.6 is 0 Å². The highest BCUT2D eigenvalue weighted by molar-refractivity contribution is 5.91. The molecule has 0 radical (unpaired) electrons. The molecule has 4 N–H and O–H groups in total. The number of aromatic amines is 1. The van der Waals surface area contributed by atoms with Gasteiger partial charge in [-0.15, -0.1) is 0 Å². The third-order valence-electron chi connectivity index (χ3n) is 5.97. The van der Waals surface area contributed by atoms with Gasteiger partial charge in [0, 0.05) is 30.2 Å². The second-order valence-electron chi connectivity index (χ2n) is 8.43. The zero-order valence-corrected chi connectivity index (χ0v) is 19.9. The first kappa shape index (κ1) is 23.0. The number of nitrogens with two attached hydrogens (primary N) is 1. The van der Waals surface area contributed by atoms with Crippen LogP contribution in [0.3, 0.4) is 0 Å². The number of hydrogen-bond acceptors (Lipinski definition) is 6. The molecule has 36 heavy (non-hydrogen) atoms. The Hall–Kier alpha value is -4.79. The number of aromatic nitrogens is 5. The molecule has 0 atom stereocenters. The van der Waals surface area contributed by atoms with Crippen molar-refractivity contribution < 1.29 is 4.79 Å². The largest absolute Gasteiger partial charge is 0.384 e. The van der Waals surface area contributed by atoms with Gasteiger partial charge in [-0.1, -0.05) is 30.3 Å². The number of nitrogens with one attached hydrogen (secondary N) is 2. The van der Waals surface area contributed by atoms with Gasteiger partial charge in [0.25, 0.3) is 0 Å². The summed E-state index contributed by atoms with van der Waals surface area (Å²) >= 11 is 0. The number of pyridine rings is 3. The van der Waals surface area contributed by atoms with Gasteiger partial charge in [-0.2, -0.15) is 0 Å². The third kappa shape index (κ3) is 4.34. The van der Waals surface area contributed by atoms with Crippen molar-refractivity contribution in [2.45, 2.75) is 26.8 Å². The maximum atomic E-state index is 13.2. The van der Waals surface area contributed by atoms with Crippen molar-refractivity contribution in [3.63, 3.8) is 0 Å². The number of hydrogen-bond donors (Lipinski definition) is 3. The van der Waals surface area contributed by atoms with Crippen LogP contribution in [0.5, 0.6) is 0 Å². The van der Waals surface area contributed by atoms with Gasteiger partial charge in [-0.25, -0.2) is 15.0 Å². The Labute approximate surface area is 207 Å². The summed E-state index contributed by atoms with van der Waals surface area (Å²) in [6.45, 7) is 4.37. The van der Waals surface area contributed by atoms with Crippen LogP contribution in [0.4, 0.5) is 11.6 Å². The standard InChI is InChI=1S/C27H25N7O2/c1-3-34-25(28)23(26-29-13-14-30-26)24(36)19-11-12-20(32-27(19)34)18-9-7-17(8-10-18)15-22(35)33-21-6-4-5-16(2)31-21/h4-14H,3,15,28H2,1-2H3,(H,29,30)(H,31,33,35). The lowest BCUT2D eigenvalue weighted by atomic mass is 10.1. The molecule has 4 heterocycles. The van der Waals surface area contributed by atoms with Crippen LogP contribution in [-0.4, -0.2) is 30.4 Å². The molecule has 0 aliphatic heterocycles. The summed E-state index contributed by atoms with van der Waals surface area (Å²) in [4.78, 5) is 41.9. The number of anilines is 2. The normalized spacial score (nSPS) is 11.1. The third-order valence-corrected chi connectivity index (χ3v) is 5.97. The molecule has 5 rings (SSSR count). The van der Waals surface area contributed by atoms with Gasteiger partial charge in [0.15, 0.2) is 0 Å². The molecule has 1 amide bonds. The fourth-order valence-electron chi connectivity index (χ4n) is 4.22. The zero-order valence-electron chi connectivity index (χ0n) is 19.9. The number of carbonyl (C=O) groups is 1. The minimum atomic E-state index is -0.217. The molecule has 180 valence electrons. The van der Waals surface area contributed by atoms with E-state index in [9.17, 15) is 9.59 Å². The minimum absolute atomic E-state index is 0.139. The van der Waals surface area contributed by atoms with Crippen LogP contribution in [-0.2, 0) is 17.8 Å². The Morgan fingerprint density at radius 1 is 1.08 bits per heavy atom. The maximum Gasteiger partial charge on any atom is 0.229 e. The lowest BCUT2D eigenvalue weighted by molar-refractivity contribution is -0.115. The van der Waals surface area contributed by atoms with E-state index in [2.05, 4.69) is 20.3 Å². The van der Waals surface area contributed by atoms with Gasteiger partial charge in [0.1, 0.15) is 28.7 Å². The second kappa shape index (κ2) is 9.46. The molecule has 9 heteroatoms. The van der Waals surface area contributed by atoms with Gasteiger partial charge in [-0.05, 0) is 43.7 Å². The van der Waals surface area contributed by atoms with E-state index in [1.165, 1.54) is 0 Å². The number of aryl methyl sites for hydroxylation is 2. The second-order valence-corrected chi connectivity index (χ2v) is 8.43. The predicted octanol–water partition coefficient (Wildman–Crippen LogP) is 3.94. The van der Waals surface area contributed by atoms with Crippen LogP contribution in [0.25, 0.3) is 33.7 Å². The van der Waals surface area contributed by atoms with Gasteiger partial charge < -0.3 is 20.6 Å². The summed E-state index contributed by atoms with van der Waals surface area (Å²) in [6, 6.07) is 16.7. The Morgan fingerprint density at radius 3 is 2.58 bits per heavy atom. The summed E-state index contributed by atoms with van der Waals surface area (Å²) in [5, 5.41) is 3.29. The van der Waals surface area contributed by atoms with Crippen molar-refractivity contribution in [3.8, 4) is 22.6 Å². The summed E-state index contributed by atoms with van der Waals surface area (Å²) in [5.41, 5.74) is 10.3. The molecule has 0 fully saturated rings. The van der Waals surface area contributed by atoms with Gasteiger partial charge >= 0.3 is 0 Å². The Kier molecular flexibility index (Phi) is 6.03. The van der Waals surface area contributed by atoms with Gasteiger partial charge in [0.2, 0.25) is 11.3 Å². The van der Waals surface area contributed by atoms with Crippen molar-refractivity contribution >= 4 is 28.6 Å². The molecule has 0 aliphatic carbocycles. The van der Waals surface area contributed by atoms with E-state index < -0.39 is 0 Å². The number of benzene rings is 1. The number of amides is 1. The van der Waals surface area contributed by atoms with E-state index in [-0.39, 0.29) is 17.8 Å². The van der Waals surface area contributed by atoms with Gasteiger partial charge in [0.05, 0.1) is 17.5 Å². The number of H-pyrrole nitrogens is 1. The van der Waals surface area contributed by atoms with Crippen molar-refractivity contribution in [2.24, 2.45) is 0 Å². The van der Waals surface area contributed by atoms with Crippen LogP contribution in [0, 0.1) is 6.92 Å². The topological polar surface area (TPSA) is 132 Å². The molecule has 0 bridgehead atoms. The quantitative estimate of drug-likeness (QED) is 0.338. The fourth-order valence-corrected chi connectivity index (χ4v) is 4.22. The number of imidazole rings is 1. The van der Waals surface area contributed by atoms with Crippen molar-refractivity contribution in [3.05, 3.63) is 88.5 Å². The summed E-state index contributed by atoms with van der Waals surface area (Å²) in [6.07, 6.45) is 3.47. The number of fused-ring (bicyclic) bond motifs is 1. The molecule has 9 nitrogen and oxygen atoms in total. The Bertz CT molecular complexity index is 1620. The van der Waals surface area contributed by atoms with Crippen molar-refractivity contribution in [1.29, 1.82) is 0 Å². The molecule has 4 aromatic heterocycles. The molecular formula is C27H25N7O2. The maximum absolute atomic E-state index is 13.2. The van der Waals surface area contributed by atoms with Gasteiger partial charge in [-0.3, -0.25) is 9.59 Å². The average Bonchev–Trinajstić information content (AvgIpc) is 3.39. The highest BCUT2D eigenvalue weighted by atomic mass is 16.1. The van der Waals surface area contributed by atoms with Crippen molar-refractivity contribution in [1.82, 2.24) is 24.5 Å². The Balaban J connectivity index is 1.43. The summed E-state index contributed by atoms with van der Waals surface area (Å²) < 4.78 is 1.82. The van der Waals surface area contributed by atoms with E-state index in [1.54, 1.807) is 24.5 Å². The highest BCUT2D eigenvalue weighted by Crippen LogP contribution is 2.26. The first-order valence-corrected chi connectivity index (χ1v) is 11.6. The smallest absolute Gasteiger partial charge is 0.229 e. The number of rotatable bonds is 6. The van der Waals surface area contributed by atoms with E-state index in [4.69, 9.17) is 10.7 Å². The molecule has 0 unspecified atom stereocenters. The zero-order chi connectivity index (χ0) is 25.2. The predicted molar refractivity (Wildman–Crippen MR) is 140 cm³/mol. The lowest BCUT2D eigenvalue weighted by Gasteiger charge is -2.15. The van der Waals surface area contributed by atoms with E-state index >= 15 is 0 Å². The molecule has 0 aliphatic rings. The Morgan fingerprint density at radius 2 is 1.89 bits per heavy atom. The molecule has 0 spiro atoms. The molecule has 0 saturated carbocycles. The first-order valence-electron chi connectivity index (χ1n) is 11.6. The monoisotopic (exact) mass is 479 g/mol. The fraction of sp³-hybridized carbons (Fsp3) is 0.148. The average molecular weight is 480 g/mol. The molecule has 1 aromatic carbocycles. The summed E-state index contributed by atoms with van der Waals surface area (Å²) in [5.74, 6) is 1.15. The van der Waals surface area contributed by atoms with Crippen LogP contribution < -0.4 is 16.5 Å². The van der Waals surface area contributed by atoms with E-state index in [0.29, 0.717) is 46.3 Å². The molecular weight excluding hydrogens is 454 g/mol. The summed E-state index contributed by atoms with van der Waals surface area (Å²) in [7, 11) is 0. The van der Waals surface area contributed by atoms with Crippen molar-refractivity contribution in [2.75, 3.05) is 11.1 Å². The molecule has 5 aromatic rings. The SMILES string of the molecule is CCn1c(N)c(-c2ncc[nH]2)c(=O)c2ccc(-c3ccc(CC(=O)Nc4cccc(C)n4)cc3)nc21. The highest BCUT2D eigenvalue weighted by Gasteiger charge is 2.19. The first-order chi connectivity index (χ1) is 17.4. The minimum Gasteiger partial charge on any atom is -0.384 e. The van der Waals surface area contributed by atoms with E-state index in [0.717, 1.165) is 16.8 Å².